The first kappa shape index (κ1) is 55.4. The normalized spacial score (nSPS) is 11.8. The number of carbonyl (C=O) groups is 3. The van der Waals surface area contributed by atoms with E-state index in [2.05, 4.69) is 20.8 Å². The van der Waals surface area contributed by atoms with Crippen LogP contribution >= 0.6 is 0 Å². The average molecular weight is 807 g/mol. The second kappa shape index (κ2) is 47.1. The Morgan fingerprint density at radius 3 is 0.702 bits per heavy atom. The van der Waals surface area contributed by atoms with E-state index in [9.17, 15) is 14.4 Å². The molecule has 6 heteroatoms. The molecule has 0 heterocycles. The molecule has 0 amide bonds. The summed E-state index contributed by atoms with van der Waals surface area (Å²) in [6, 6.07) is 0. The summed E-state index contributed by atoms with van der Waals surface area (Å²) in [7, 11) is 0. The van der Waals surface area contributed by atoms with Gasteiger partial charge in [-0.25, -0.2) is 0 Å². The molecule has 0 saturated carbocycles. The fraction of sp³-hybridized carbons (Fsp3) is 0.941. The van der Waals surface area contributed by atoms with Gasteiger partial charge in [0.05, 0.1) is 0 Å². The largest absolute Gasteiger partial charge is 0.462 e. The molecule has 0 fully saturated rings. The average Bonchev–Trinajstić information content (AvgIpc) is 3.21. The van der Waals surface area contributed by atoms with E-state index in [1.807, 2.05) is 0 Å². The lowest BCUT2D eigenvalue weighted by molar-refractivity contribution is -0.167. The van der Waals surface area contributed by atoms with Crippen LogP contribution in [0.25, 0.3) is 0 Å². The highest BCUT2D eigenvalue weighted by molar-refractivity contribution is 5.71. The Bertz CT molecular complexity index is 844. The van der Waals surface area contributed by atoms with Crippen LogP contribution in [0.5, 0.6) is 0 Å². The van der Waals surface area contributed by atoms with Crippen molar-refractivity contribution < 1.29 is 28.6 Å². The van der Waals surface area contributed by atoms with Crippen molar-refractivity contribution >= 4 is 17.9 Å². The van der Waals surface area contributed by atoms with Gasteiger partial charge in [-0.3, -0.25) is 14.4 Å². The van der Waals surface area contributed by atoms with Crippen LogP contribution in [0.15, 0.2) is 0 Å². The van der Waals surface area contributed by atoms with E-state index in [0.29, 0.717) is 19.3 Å². The quantitative estimate of drug-likeness (QED) is 0.0346. The summed E-state index contributed by atoms with van der Waals surface area (Å²) in [5.41, 5.74) is 0. The van der Waals surface area contributed by atoms with E-state index in [1.54, 1.807) is 0 Å². The number of hydrogen-bond donors (Lipinski definition) is 0. The number of ether oxygens (including phenoxy) is 3. The monoisotopic (exact) mass is 807 g/mol. The fourth-order valence-electron chi connectivity index (χ4n) is 7.74. The van der Waals surface area contributed by atoms with Gasteiger partial charge in [0.2, 0.25) is 0 Å². The first-order valence-corrected chi connectivity index (χ1v) is 25.5. The second-order valence-electron chi connectivity index (χ2n) is 17.5. The number of rotatable bonds is 47. The number of carbonyl (C=O) groups excluding carboxylic acids is 3. The van der Waals surface area contributed by atoms with Crippen LogP contribution in [0.2, 0.25) is 0 Å². The Hall–Kier alpha value is -1.59. The lowest BCUT2D eigenvalue weighted by Crippen LogP contribution is -2.30. The van der Waals surface area contributed by atoms with Gasteiger partial charge in [0.15, 0.2) is 6.10 Å². The molecule has 0 saturated heterocycles. The third-order valence-corrected chi connectivity index (χ3v) is 11.6. The molecule has 0 N–H and O–H groups in total. The topological polar surface area (TPSA) is 78.9 Å². The first-order valence-electron chi connectivity index (χ1n) is 25.5. The molecule has 0 aromatic carbocycles. The molecular formula is C51H98O6. The predicted molar refractivity (Wildman–Crippen MR) is 243 cm³/mol. The summed E-state index contributed by atoms with van der Waals surface area (Å²) in [6.45, 7) is 6.63. The molecular weight excluding hydrogens is 709 g/mol. The number of esters is 3. The highest BCUT2D eigenvalue weighted by atomic mass is 16.6. The molecule has 1 atom stereocenters. The van der Waals surface area contributed by atoms with Crippen molar-refractivity contribution in [2.45, 2.75) is 297 Å². The summed E-state index contributed by atoms with van der Waals surface area (Å²) < 4.78 is 16.7. The third kappa shape index (κ3) is 45.3. The van der Waals surface area contributed by atoms with Crippen molar-refractivity contribution in [1.29, 1.82) is 0 Å². The molecule has 0 rings (SSSR count). The van der Waals surface area contributed by atoms with Crippen LogP contribution < -0.4 is 0 Å². The highest BCUT2D eigenvalue weighted by Gasteiger charge is 2.19. The Balaban J connectivity index is 4.11. The van der Waals surface area contributed by atoms with Crippen molar-refractivity contribution in [1.82, 2.24) is 0 Å². The van der Waals surface area contributed by atoms with Crippen LogP contribution in [-0.4, -0.2) is 37.2 Å². The van der Waals surface area contributed by atoms with Crippen molar-refractivity contribution in [3.8, 4) is 0 Å². The van der Waals surface area contributed by atoms with Crippen molar-refractivity contribution in [3.05, 3.63) is 0 Å². The van der Waals surface area contributed by atoms with Crippen molar-refractivity contribution in [2.24, 2.45) is 0 Å². The zero-order chi connectivity index (χ0) is 41.5. The van der Waals surface area contributed by atoms with Crippen molar-refractivity contribution in [2.75, 3.05) is 13.2 Å². The fourth-order valence-corrected chi connectivity index (χ4v) is 7.74. The molecule has 338 valence electrons. The van der Waals surface area contributed by atoms with Gasteiger partial charge >= 0.3 is 17.9 Å². The summed E-state index contributed by atoms with van der Waals surface area (Å²) in [5, 5.41) is 0. The van der Waals surface area contributed by atoms with Gasteiger partial charge < -0.3 is 14.2 Å². The summed E-state index contributed by atoms with van der Waals surface area (Å²) in [5.74, 6) is -0.851. The smallest absolute Gasteiger partial charge is 0.306 e. The van der Waals surface area contributed by atoms with Crippen molar-refractivity contribution in [3.63, 3.8) is 0 Å². The Morgan fingerprint density at radius 1 is 0.281 bits per heavy atom. The number of hydrogen-bond acceptors (Lipinski definition) is 6. The van der Waals surface area contributed by atoms with Crippen LogP contribution in [0.4, 0.5) is 0 Å². The number of unbranched alkanes of at least 4 members (excludes halogenated alkanes) is 36. The van der Waals surface area contributed by atoms with Crippen LogP contribution in [-0.2, 0) is 28.6 Å². The lowest BCUT2D eigenvalue weighted by atomic mass is 10.0. The molecule has 6 nitrogen and oxygen atoms in total. The molecule has 0 aliphatic rings. The van der Waals surface area contributed by atoms with Crippen LogP contribution in [0.1, 0.15) is 290 Å². The van der Waals surface area contributed by atoms with Gasteiger partial charge in [0, 0.05) is 19.3 Å². The maximum absolute atomic E-state index is 12.7. The summed E-state index contributed by atoms with van der Waals surface area (Å²) in [6.07, 6.45) is 49.6. The van der Waals surface area contributed by atoms with Gasteiger partial charge in [-0.1, -0.05) is 252 Å². The van der Waals surface area contributed by atoms with E-state index in [4.69, 9.17) is 14.2 Å². The van der Waals surface area contributed by atoms with Gasteiger partial charge in [-0.15, -0.1) is 0 Å². The summed E-state index contributed by atoms with van der Waals surface area (Å²) >= 11 is 0. The van der Waals surface area contributed by atoms with E-state index >= 15 is 0 Å². The molecule has 0 radical (unpaired) electrons. The molecule has 0 aliphatic heterocycles. The molecule has 0 bridgehead atoms. The zero-order valence-corrected chi connectivity index (χ0v) is 38.6. The summed E-state index contributed by atoms with van der Waals surface area (Å²) in [4.78, 5) is 37.7. The third-order valence-electron chi connectivity index (χ3n) is 11.6. The zero-order valence-electron chi connectivity index (χ0n) is 38.6. The van der Waals surface area contributed by atoms with E-state index in [-0.39, 0.29) is 31.1 Å². The maximum atomic E-state index is 12.7. The Labute approximate surface area is 355 Å². The molecule has 0 aromatic rings. The molecule has 0 aliphatic carbocycles. The molecule has 0 aromatic heterocycles. The SMILES string of the molecule is CCCCCCCCCCCCCCCCCCCCCCCC(=O)OCC(COC(=O)CCCCCCCCCC)OC(=O)CCCCCCCCCCCC. The molecule has 1 unspecified atom stereocenters. The Morgan fingerprint density at radius 2 is 0.474 bits per heavy atom. The van der Waals surface area contributed by atoms with Gasteiger partial charge in [-0.2, -0.15) is 0 Å². The van der Waals surface area contributed by atoms with Crippen LogP contribution in [0.3, 0.4) is 0 Å². The van der Waals surface area contributed by atoms with Gasteiger partial charge in [0.1, 0.15) is 13.2 Å². The minimum atomic E-state index is -0.758. The maximum Gasteiger partial charge on any atom is 0.306 e. The lowest BCUT2D eigenvalue weighted by Gasteiger charge is -2.18. The minimum absolute atomic E-state index is 0.0626. The van der Waals surface area contributed by atoms with Gasteiger partial charge in [-0.05, 0) is 19.3 Å². The van der Waals surface area contributed by atoms with Gasteiger partial charge in [0.25, 0.3) is 0 Å². The predicted octanol–water partition coefficient (Wildman–Crippen LogP) is 16.4. The molecule has 57 heavy (non-hydrogen) atoms. The first-order chi connectivity index (χ1) is 28.0. The van der Waals surface area contributed by atoms with E-state index in [1.165, 1.54) is 193 Å². The van der Waals surface area contributed by atoms with E-state index in [0.717, 1.165) is 57.8 Å². The standard InChI is InChI=1S/C51H98O6/c1-4-7-10-13-16-19-21-22-23-24-25-26-27-28-29-30-31-33-35-38-41-44-50(53)56-47-48(46-55-49(52)43-40-37-34-18-15-12-9-6-3)57-51(54)45-42-39-36-32-20-17-14-11-8-5-2/h48H,4-47H2,1-3H3. The second-order valence-corrected chi connectivity index (χ2v) is 17.5. The minimum Gasteiger partial charge on any atom is -0.462 e. The Kier molecular flexibility index (Phi) is 45.8. The highest BCUT2D eigenvalue weighted by Crippen LogP contribution is 2.17. The molecule has 0 spiro atoms. The van der Waals surface area contributed by atoms with Crippen LogP contribution in [0, 0.1) is 0 Å². The van der Waals surface area contributed by atoms with E-state index < -0.39 is 6.10 Å².